The third-order valence-corrected chi connectivity index (χ3v) is 5.75. The van der Waals surface area contributed by atoms with Gasteiger partial charge in [0.15, 0.2) is 5.69 Å². The van der Waals surface area contributed by atoms with Crippen LogP contribution in [-0.2, 0) is 0 Å². The monoisotopic (exact) mass is 440 g/mol. The van der Waals surface area contributed by atoms with Crippen LogP contribution in [0, 0.1) is 6.92 Å². The van der Waals surface area contributed by atoms with Gasteiger partial charge in [-0.15, -0.1) is 29.9 Å². The Morgan fingerprint density at radius 2 is 1.72 bits per heavy atom. The number of nitrogens with one attached hydrogen (secondary N) is 2. The van der Waals surface area contributed by atoms with E-state index >= 15 is 0 Å². The summed E-state index contributed by atoms with van der Waals surface area (Å²) in [6.07, 6.45) is 3.95. The number of piperidine rings is 2. The molecule has 7 nitrogen and oxygen atoms in total. The molecule has 0 aliphatic carbocycles. The van der Waals surface area contributed by atoms with Crippen LogP contribution in [0.4, 0.5) is 5.69 Å². The van der Waals surface area contributed by atoms with E-state index in [1.807, 2.05) is 17.7 Å². The highest BCUT2D eigenvalue weighted by molar-refractivity contribution is 5.93. The van der Waals surface area contributed by atoms with E-state index in [1.165, 1.54) is 5.69 Å². The average molecular weight is 441 g/mol. The molecule has 2 saturated heterocycles. The first-order valence-corrected chi connectivity index (χ1v) is 9.96. The van der Waals surface area contributed by atoms with E-state index < -0.39 is 0 Å². The molecule has 4 rings (SSSR count). The van der Waals surface area contributed by atoms with Gasteiger partial charge in [0.05, 0.1) is 11.7 Å². The molecule has 0 spiro atoms. The van der Waals surface area contributed by atoms with Gasteiger partial charge in [-0.05, 0) is 57.8 Å². The van der Waals surface area contributed by atoms with Crippen LogP contribution in [-0.4, -0.2) is 53.1 Å². The van der Waals surface area contributed by atoms with E-state index in [4.69, 9.17) is 0 Å². The normalized spacial score (nSPS) is 17.9. The number of anilines is 1. The summed E-state index contributed by atoms with van der Waals surface area (Å²) in [5.41, 5.74) is 2.60. The van der Waals surface area contributed by atoms with Gasteiger partial charge in [-0.25, -0.2) is 4.68 Å². The lowest BCUT2D eigenvalue weighted by Gasteiger charge is -2.33. The standard InChI is InChI=1S/C20H28N6O.2ClH/c1-15-19(23-24-26(15)18-7-11-21-12-8-18)20(27)22-16-9-13-25(14-10-16)17-5-3-2-4-6-17;;/h2-6,16,18,21H,7-14H2,1H3,(H,22,27);2*1H. The van der Waals surface area contributed by atoms with Crippen LogP contribution < -0.4 is 15.5 Å². The molecule has 0 radical (unpaired) electrons. The molecule has 1 amide bonds. The molecule has 9 heteroatoms. The topological polar surface area (TPSA) is 75.1 Å². The zero-order valence-corrected chi connectivity index (χ0v) is 18.3. The highest BCUT2D eigenvalue weighted by Gasteiger charge is 2.26. The fourth-order valence-corrected chi connectivity index (χ4v) is 4.12. The van der Waals surface area contributed by atoms with Crippen LogP contribution >= 0.6 is 24.8 Å². The molecule has 0 unspecified atom stereocenters. The zero-order valence-electron chi connectivity index (χ0n) is 16.7. The van der Waals surface area contributed by atoms with Crippen molar-refractivity contribution in [1.29, 1.82) is 0 Å². The van der Waals surface area contributed by atoms with Crippen LogP contribution in [0.15, 0.2) is 30.3 Å². The number of nitrogens with zero attached hydrogens (tertiary/aromatic N) is 4. The molecule has 2 aromatic rings. The third kappa shape index (κ3) is 5.41. The highest BCUT2D eigenvalue weighted by Crippen LogP contribution is 2.22. The average Bonchev–Trinajstić information content (AvgIpc) is 3.11. The quantitative estimate of drug-likeness (QED) is 0.764. The molecular formula is C20H30Cl2N6O. The first-order chi connectivity index (χ1) is 13.2. The maximum atomic E-state index is 12.7. The number of benzene rings is 1. The number of carbonyl (C=O) groups is 1. The van der Waals surface area contributed by atoms with Crippen LogP contribution in [0.25, 0.3) is 0 Å². The Morgan fingerprint density at radius 3 is 2.38 bits per heavy atom. The van der Waals surface area contributed by atoms with Crippen molar-refractivity contribution in [3.05, 3.63) is 41.7 Å². The lowest BCUT2D eigenvalue weighted by atomic mass is 10.0. The maximum absolute atomic E-state index is 12.7. The summed E-state index contributed by atoms with van der Waals surface area (Å²) in [7, 11) is 0. The van der Waals surface area contributed by atoms with Crippen LogP contribution in [0.2, 0.25) is 0 Å². The molecule has 3 heterocycles. The molecule has 160 valence electrons. The van der Waals surface area contributed by atoms with Crippen molar-refractivity contribution in [2.24, 2.45) is 0 Å². The molecule has 2 aliphatic heterocycles. The predicted molar refractivity (Wildman–Crippen MR) is 120 cm³/mol. The first-order valence-electron chi connectivity index (χ1n) is 9.96. The Bertz CT molecular complexity index is 771. The number of aromatic nitrogens is 3. The second-order valence-electron chi connectivity index (χ2n) is 7.52. The lowest BCUT2D eigenvalue weighted by molar-refractivity contribution is 0.0925. The Morgan fingerprint density at radius 1 is 1.07 bits per heavy atom. The summed E-state index contributed by atoms with van der Waals surface area (Å²) < 4.78 is 1.94. The minimum absolute atomic E-state index is 0. The maximum Gasteiger partial charge on any atom is 0.273 e. The number of para-hydroxylation sites is 1. The minimum atomic E-state index is -0.0918. The Balaban J connectivity index is 0.00000150. The zero-order chi connectivity index (χ0) is 18.6. The second-order valence-corrected chi connectivity index (χ2v) is 7.52. The van der Waals surface area contributed by atoms with Gasteiger partial charge in [0.1, 0.15) is 0 Å². The highest BCUT2D eigenvalue weighted by atomic mass is 35.5. The fourth-order valence-electron chi connectivity index (χ4n) is 4.12. The number of rotatable bonds is 4. The van der Waals surface area contributed by atoms with Gasteiger partial charge < -0.3 is 15.5 Å². The fraction of sp³-hybridized carbons (Fsp3) is 0.550. The molecule has 1 aromatic carbocycles. The van der Waals surface area contributed by atoms with Crippen molar-refractivity contribution in [2.45, 2.75) is 44.7 Å². The third-order valence-electron chi connectivity index (χ3n) is 5.75. The number of hydrogen-bond donors (Lipinski definition) is 2. The summed E-state index contributed by atoms with van der Waals surface area (Å²) in [4.78, 5) is 15.1. The number of hydrogen-bond acceptors (Lipinski definition) is 5. The van der Waals surface area contributed by atoms with Gasteiger partial charge in [0.25, 0.3) is 5.91 Å². The van der Waals surface area contributed by atoms with E-state index in [1.54, 1.807) is 0 Å². The molecule has 2 aliphatic rings. The SMILES string of the molecule is Cc1c(C(=O)NC2CCN(c3ccccc3)CC2)nnn1C1CCNCC1.Cl.Cl. The van der Waals surface area contributed by atoms with Crippen molar-refractivity contribution in [2.75, 3.05) is 31.1 Å². The van der Waals surface area contributed by atoms with Crippen molar-refractivity contribution in [1.82, 2.24) is 25.6 Å². The van der Waals surface area contributed by atoms with Crippen molar-refractivity contribution < 1.29 is 4.79 Å². The van der Waals surface area contributed by atoms with Gasteiger partial charge in [-0.2, -0.15) is 0 Å². The summed E-state index contributed by atoms with van der Waals surface area (Å²) in [6, 6.07) is 11.0. The summed E-state index contributed by atoms with van der Waals surface area (Å²) >= 11 is 0. The van der Waals surface area contributed by atoms with E-state index in [9.17, 15) is 4.79 Å². The van der Waals surface area contributed by atoms with E-state index in [0.29, 0.717) is 11.7 Å². The summed E-state index contributed by atoms with van der Waals surface area (Å²) in [6.45, 7) is 5.84. The molecular weight excluding hydrogens is 411 g/mol. The number of amides is 1. The number of halogens is 2. The Labute approximate surface area is 184 Å². The largest absolute Gasteiger partial charge is 0.371 e. The van der Waals surface area contributed by atoms with Gasteiger partial charge in [0, 0.05) is 24.8 Å². The van der Waals surface area contributed by atoms with Gasteiger partial charge in [-0.3, -0.25) is 4.79 Å². The molecule has 1 aromatic heterocycles. The van der Waals surface area contributed by atoms with Crippen molar-refractivity contribution in [3.63, 3.8) is 0 Å². The summed E-state index contributed by atoms with van der Waals surface area (Å²) in [5, 5.41) is 15.0. The second kappa shape index (κ2) is 10.8. The van der Waals surface area contributed by atoms with Crippen LogP contribution in [0.1, 0.15) is 47.9 Å². The van der Waals surface area contributed by atoms with Gasteiger partial charge in [0.2, 0.25) is 0 Å². The van der Waals surface area contributed by atoms with E-state index in [2.05, 4.69) is 50.1 Å². The Kier molecular flexibility index (Phi) is 8.74. The molecule has 2 N–H and O–H groups in total. The molecule has 0 atom stereocenters. The molecule has 0 saturated carbocycles. The molecule has 0 bridgehead atoms. The first kappa shape index (κ1) is 23.4. The van der Waals surface area contributed by atoms with Crippen molar-refractivity contribution in [3.8, 4) is 0 Å². The predicted octanol–water partition coefficient (Wildman–Crippen LogP) is 2.75. The van der Waals surface area contributed by atoms with Crippen LogP contribution in [0.3, 0.4) is 0 Å². The minimum Gasteiger partial charge on any atom is -0.371 e. The lowest BCUT2D eigenvalue weighted by Crippen LogP contribution is -2.45. The number of carbonyl (C=O) groups excluding carboxylic acids is 1. The summed E-state index contributed by atoms with van der Waals surface area (Å²) in [5.74, 6) is -0.0918. The Hall–Kier alpha value is -1.83. The smallest absolute Gasteiger partial charge is 0.273 e. The van der Waals surface area contributed by atoms with E-state index in [-0.39, 0.29) is 36.8 Å². The van der Waals surface area contributed by atoms with Crippen LogP contribution in [0.5, 0.6) is 0 Å². The molecule has 29 heavy (non-hydrogen) atoms. The van der Waals surface area contributed by atoms with Gasteiger partial charge in [-0.1, -0.05) is 23.4 Å². The molecule has 2 fully saturated rings. The van der Waals surface area contributed by atoms with Gasteiger partial charge >= 0.3 is 0 Å². The van der Waals surface area contributed by atoms with Crippen molar-refractivity contribution >= 4 is 36.4 Å². The van der Waals surface area contributed by atoms with E-state index in [0.717, 1.165) is 57.6 Å².